The molecule has 1 saturated heterocycles. The quantitative estimate of drug-likeness (QED) is 0.851. The van der Waals surface area contributed by atoms with Crippen LogP contribution < -0.4 is 9.64 Å². The minimum absolute atomic E-state index is 0.0768. The maximum absolute atomic E-state index is 9.39. The summed E-state index contributed by atoms with van der Waals surface area (Å²) in [5, 5.41) is 9.39. The lowest BCUT2D eigenvalue weighted by Crippen LogP contribution is -2.45. The van der Waals surface area contributed by atoms with Crippen molar-refractivity contribution in [1.29, 1.82) is 5.26 Å². The van der Waals surface area contributed by atoms with Crippen LogP contribution in [0.3, 0.4) is 0 Å². The minimum Gasteiger partial charge on any atom is -0.496 e. The summed E-state index contributed by atoms with van der Waals surface area (Å²) >= 11 is 0. The molecule has 2 aromatic rings. The molecule has 0 saturated carbocycles. The lowest BCUT2D eigenvalue weighted by molar-refractivity contribution is -0.00642. The summed E-state index contributed by atoms with van der Waals surface area (Å²) in [5.41, 5.74) is 1.21. The van der Waals surface area contributed by atoms with Gasteiger partial charge in [-0.2, -0.15) is 10.2 Å². The van der Waals surface area contributed by atoms with Gasteiger partial charge in [-0.25, -0.2) is 0 Å². The van der Waals surface area contributed by atoms with Crippen LogP contribution in [0, 0.1) is 11.3 Å². The van der Waals surface area contributed by atoms with Gasteiger partial charge in [-0.05, 0) is 26.0 Å². The average molecular weight is 339 g/mol. The highest BCUT2D eigenvalue weighted by molar-refractivity contribution is 5.70. The Morgan fingerprint density at radius 3 is 2.64 bits per heavy atom. The summed E-state index contributed by atoms with van der Waals surface area (Å²) in [6, 6.07) is 9.79. The van der Waals surface area contributed by atoms with E-state index >= 15 is 0 Å². The first-order valence-corrected chi connectivity index (χ1v) is 8.23. The van der Waals surface area contributed by atoms with E-state index in [2.05, 4.69) is 11.1 Å². The third-order valence-corrected chi connectivity index (χ3v) is 3.98. The highest BCUT2D eigenvalue weighted by Gasteiger charge is 2.27. The van der Waals surface area contributed by atoms with E-state index in [9.17, 15) is 5.26 Å². The maximum Gasteiger partial charge on any atom is 0.235 e. The molecule has 1 aromatic heterocycles. The van der Waals surface area contributed by atoms with Crippen molar-refractivity contribution in [3.05, 3.63) is 41.4 Å². The molecular weight excluding hydrogens is 318 g/mol. The number of hydrogen-bond acceptors (Lipinski definition) is 6. The number of rotatable bonds is 4. The molecule has 6 heteroatoms. The summed E-state index contributed by atoms with van der Waals surface area (Å²) in [6.45, 7) is 5.36. The van der Waals surface area contributed by atoms with E-state index in [0.29, 0.717) is 30.6 Å². The van der Waals surface area contributed by atoms with Gasteiger partial charge in [0.2, 0.25) is 17.5 Å². The lowest BCUT2D eigenvalue weighted by atomic mass is 10.2. The molecule has 0 spiro atoms. The molecule has 1 aliphatic heterocycles. The molecular formula is C19H21N3O3. The van der Waals surface area contributed by atoms with Gasteiger partial charge in [0.15, 0.2) is 0 Å². The molecule has 0 unspecified atom stereocenters. The minimum atomic E-state index is 0.0768. The molecule has 25 heavy (non-hydrogen) atoms. The molecule has 0 bridgehead atoms. The topological polar surface area (TPSA) is 71.5 Å². The number of para-hydroxylation sites is 1. The molecule has 0 amide bonds. The molecule has 1 fully saturated rings. The molecule has 0 N–H and O–H groups in total. The van der Waals surface area contributed by atoms with Gasteiger partial charge in [0.1, 0.15) is 11.8 Å². The van der Waals surface area contributed by atoms with Crippen molar-refractivity contribution < 1.29 is 13.9 Å². The first-order chi connectivity index (χ1) is 12.1. The van der Waals surface area contributed by atoms with Gasteiger partial charge in [-0.15, -0.1) is 0 Å². The van der Waals surface area contributed by atoms with Gasteiger partial charge in [0.25, 0.3) is 0 Å². The third-order valence-electron chi connectivity index (χ3n) is 3.98. The molecule has 0 aliphatic carbocycles. The van der Waals surface area contributed by atoms with Crippen molar-refractivity contribution in [1.82, 2.24) is 4.98 Å². The van der Waals surface area contributed by atoms with Crippen molar-refractivity contribution in [2.45, 2.75) is 26.1 Å². The van der Waals surface area contributed by atoms with Crippen LogP contribution in [0.2, 0.25) is 0 Å². The molecule has 1 aliphatic rings. The van der Waals surface area contributed by atoms with Crippen LogP contribution in [0.1, 0.15) is 31.0 Å². The fourth-order valence-corrected chi connectivity index (χ4v) is 3.00. The smallest absolute Gasteiger partial charge is 0.235 e. The summed E-state index contributed by atoms with van der Waals surface area (Å²) in [5.74, 6) is 1.66. The molecule has 1 aromatic carbocycles. The fraction of sp³-hybridized carbons (Fsp3) is 0.368. The van der Waals surface area contributed by atoms with Gasteiger partial charge in [0, 0.05) is 24.7 Å². The van der Waals surface area contributed by atoms with Crippen molar-refractivity contribution in [2.75, 3.05) is 25.1 Å². The van der Waals surface area contributed by atoms with Crippen molar-refractivity contribution in [2.24, 2.45) is 0 Å². The third kappa shape index (κ3) is 3.83. The van der Waals surface area contributed by atoms with Gasteiger partial charge in [0.05, 0.1) is 19.3 Å². The Kier molecular flexibility index (Phi) is 5.05. The fourth-order valence-electron chi connectivity index (χ4n) is 3.00. The first kappa shape index (κ1) is 17.1. The molecule has 2 atom stereocenters. The predicted molar refractivity (Wildman–Crippen MR) is 95.4 cm³/mol. The Morgan fingerprint density at radius 1 is 1.24 bits per heavy atom. The number of aromatic nitrogens is 1. The number of nitriles is 1. The summed E-state index contributed by atoms with van der Waals surface area (Å²) in [6.07, 6.45) is 3.76. The van der Waals surface area contributed by atoms with Crippen molar-refractivity contribution in [3.63, 3.8) is 0 Å². The Labute approximate surface area is 147 Å². The lowest BCUT2D eigenvalue weighted by Gasteiger charge is -2.34. The number of anilines is 1. The Balaban J connectivity index is 1.86. The average Bonchev–Trinajstić information content (AvgIpc) is 3.03. The zero-order chi connectivity index (χ0) is 17.8. The number of benzene rings is 1. The number of hydrogen-bond donors (Lipinski definition) is 0. The Morgan fingerprint density at radius 2 is 1.96 bits per heavy atom. The van der Waals surface area contributed by atoms with Gasteiger partial charge >= 0.3 is 0 Å². The van der Waals surface area contributed by atoms with Crippen LogP contribution in [-0.2, 0) is 4.74 Å². The van der Waals surface area contributed by atoms with Crippen molar-refractivity contribution in [3.8, 4) is 11.8 Å². The van der Waals surface area contributed by atoms with E-state index in [-0.39, 0.29) is 12.2 Å². The van der Waals surface area contributed by atoms with Gasteiger partial charge < -0.3 is 18.8 Å². The summed E-state index contributed by atoms with van der Waals surface area (Å²) < 4.78 is 16.9. The monoisotopic (exact) mass is 339 g/mol. The number of nitrogens with zero attached hydrogens (tertiary/aromatic N) is 3. The largest absolute Gasteiger partial charge is 0.496 e. The second-order valence-corrected chi connectivity index (χ2v) is 6.06. The van der Waals surface area contributed by atoms with E-state index in [4.69, 9.17) is 13.9 Å². The summed E-state index contributed by atoms with van der Waals surface area (Å²) in [4.78, 5) is 6.31. The Bertz CT molecular complexity index is 796. The normalized spacial score (nSPS) is 20.6. The van der Waals surface area contributed by atoms with E-state index in [1.165, 1.54) is 0 Å². The first-order valence-electron chi connectivity index (χ1n) is 8.23. The molecule has 2 heterocycles. The maximum atomic E-state index is 9.39. The number of ether oxygens (including phenoxy) is 2. The highest BCUT2D eigenvalue weighted by Crippen LogP contribution is 2.27. The molecule has 3 rings (SSSR count). The summed E-state index contributed by atoms with van der Waals surface area (Å²) in [7, 11) is 1.63. The zero-order valence-electron chi connectivity index (χ0n) is 14.6. The van der Waals surface area contributed by atoms with Gasteiger partial charge in [-0.3, -0.25) is 0 Å². The number of morpholine rings is 1. The van der Waals surface area contributed by atoms with Crippen LogP contribution in [-0.4, -0.2) is 37.4 Å². The highest BCUT2D eigenvalue weighted by atomic mass is 16.5. The van der Waals surface area contributed by atoms with Crippen LogP contribution in [0.4, 0.5) is 5.88 Å². The second-order valence-electron chi connectivity index (χ2n) is 6.06. The number of oxazole rings is 1. The molecule has 6 nitrogen and oxygen atoms in total. The standard InChI is InChI=1S/C19H21N3O3/c1-13-11-22(12-14(2)24-13)19-16(10-20)21-18(25-19)9-8-15-6-4-5-7-17(15)23-3/h4-9,13-14H,11-12H2,1-3H3/b9-8+/t13-,14-/m1/s1. The van der Waals surface area contributed by atoms with Crippen LogP contribution >= 0.6 is 0 Å². The van der Waals surface area contributed by atoms with E-state index < -0.39 is 0 Å². The van der Waals surface area contributed by atoms with Crippen LogP contribution in [0.15, 0.2) is 28.7 Å². The van der Waals surface area contributed by atoms with E-state index in [0.717, 1.165) is 11.3 Å². The van der Waals surface area contributed by atoms with Crippen LogP contribution in [0.5, 0.6) is 5.75 Å². The Hall–Kier alpha value is -2.78. The zero-order valence-corrected chi connectivity index (χ0v) is 14.6. The van der Waals surface area contributed by atoms with Crippen LogP contribution in [0.25, 0.3) is 12.2 Å². The van der Waals surface area contributed by atoms with Gasteiger partial charge in [-0.1, -0.05) is 18.2 Å². The number of methoxy groups -OCH3 is 1. The SMILES string of the molecule is COc1ccccc1/C=C/c1nc(C#N)c(N2C[C@@H](C)O[C@H](C)C2)o1. The van der Waals surface area contributed by atoms with Crippen molar-refractivity contribution >= 4 is 18.0 Å². The second kappa shape index (κ2) is 7.41. The predicted octanol–water partition coefficient (Wildman–Crippen LogP) is 3.34. The van der Waals surface area contributed by atoms with E-state index in [1.54, 1.807) is 13.2 Å². The molecule has 130 valence electrons. The van der Waals surface area contributed by atoms with E-state index in [1.807, 2.05) is 49.1 Å². The molecule has 0 radical (unpaired) electrons.